The first kappa shape index (κ1) is 16.8. The summed E-state index contributed by atoms with van der Waals surface area (Å²) in [6, 6.07) is 6.06. The molecule has 0 amide bonds. The monoisotopic (exact) mass is 375 g/mol. The number of nitrogens with zero attached hydrogens (tertiary/aromatic N) is 2. The van der Waals surface area contributed by atoms with Gasteiger partial charge < -0.3 is 14.6 Å². The summed E-state index contributed by atoms with van der Waals surface area (Å²) in [5.41, 5.74) is 6.10. The molecule has 28 heavy (non-hydrogen) atoms. The van der Waals surface area contributed by atoms with Crippen LogP contribution in [0.3, 0.4) is 0 Å². The molecular formula is C21H21N5O2. The molecule has 3 aromatic heterocycles. The fourth-order valence-corrected chi connectivity index (χ4v) is 3.81. The number of nitrogens with two attached hydrogens (primary N) is 1. The summed E-state index contributed by atoms with van der Waals surface area (Å²) in [6.45, 7) is 1.80. The molecule has 7 heteroatoms. The number of benzene rings is 1. The Balaban J connectivity index is 1.78. The highest BCUT2D eigenvalue weighted by molar-refractivity contribution is 6.14. The normalized spacial score (nSPS) is 14.8. The van der Waals surface area contributed by atoms with Gasteiger partial charge in [-0.1, -0.05) is 0 Å². The number of hydrogen-bond acceptors (Lipinski definition) is 5. The second kappa shape index (κ2) is 6.38. The van der Waals surface area contributed by atoms with Crippen molar-refractivity contribution in [3.63, 3.8) is 0 Å². The Kier molecular flexibility index (Phi) is 3.84. The zero-order valence-electron chi connectivity index (χ0n) is 15.7. The number of ether oxygens (including phenoxy) is 1. The van der Waals surface area contributed by atoms with E-state index in [1.165, 1.54) is 18.5 Å². The Bertz CT molecular complexity index is 1220. The van der Waals surface area contributed by atoms with Gasteiger partial charge in [0.1, 0.15) is 11.5 Å². The van der Waals surface area contributed by atoms with Crippen molar-refractivity contribution in [1.29, 1.82) is 0 Å². The van der Waals surface area contributed by atoms with Crippen LogP contribution in [0.4, 0.5) is 0 Å². The fourth-order valence-electron chi connectivity index (χ4n) is 3.81. The van der Waals surface area contributed by atoms with E-state index in [4.69, 9.17) is 20.5 Å². The molecule has 5 rings (SSSR count). The first-order valence-corrected chi connectivity index (χ1v) is 9.26. The van der Waals surface area contributed by atoms with E-state index in [2.05, 4.69) is 15.2 Å². The third-order valence-corrected chi connectivity index (χ3v) is 5.31. The Hall–Kier alpha value is -3.32. The van der Waals surface area contributed by atoms with Crippen molar-refractivity contribution in [2.45, 2.75) is 25.7 Å². The van der Waals surface area contributed by atoms with E-state index >= 15 is 0 Å². The Morgan fingerprint density at radius 2 is 2.14 bits per heavy atom. The summed E-state index contributed by atoms with van der Waals surface area (Å²) in [6.07, 6.45) is 7.96. The Labute approximate surface area is 161 Å². The predicted octanol–water partition coefficient (Wildman–Crippen LogP) is 4.24. The maximum absolute atomic E-state index is 5.63. The van der Waals surface area contributed by atoms with Gasteiger partial charge in [-0.05, 0) is 44.0 Å². The van der Waals surface area contributed by atoms with Gasteiger partial charge in [-0.15, -0.1) is 0 Å². The number of rotatable bonds is 5. The van der Waals surface area contributed by atoms with Gasteiger partial charge in [0, 0.05) is 45.2 Å². The van der Waals surface area contributed by atoms with Crippen LogP contribution in [0.15, 0.2) is 36.4 Å². The summed E-state index contributed by atoms with van der Waals surface area (Å²) < 4.78 is 5.63. The molecular weight excluding hydrogens is 354 g/mol. The number of pyridine rings is 1. The molecule has 1 aromatic carbocycles. The van der Waals surface area contributed by atoms with Crippen LogP contribution in [0.25, 0.3) is 39.1 Å². The van der Waals surface area contributed by atoms with Crippen molar-refractivity contribution in [3.8, 4) is 17.0 Å². The summed E-state index contributed by atoms with van der Waals surface area (Å²) in [7, 11) is 1.66. The van der Waals surface area contributed by atoms with Crippen molar-refractivity contribution in [1.82, 2.24) is 20.2 Å². The van der Waals surface area contributed by atoms with Gasteiger partial charge in [0.05, 0.1) is 24.5 Å². The van der Waals surface area contributed by atoms with Gasteiger partial charge in [-0.3, -0.25) is 10.1 Å². The first-order chi connectivity index (χ1) is 13.7. The number of H-pyrrole nitrogens is 2. The van der Waals surface area contributed by atoms with Crippen molar-refractivity contribution in [3.05, 3.63) is 47.6 Å². The fraction of sp³-hybridized carbons (Fsp3) is 0.238. The molecule has 0 atom stereocenters. The summed E-state index contributed by atoms with van der Waals surface area (Å²) in [5, 5.41) is 9.59. The van der Waals surface area contributed by atoms with Crippen LogP contribution < -0.4 is 10.6 Å². The third kappa shape index (κ3) is 2.63. The molecule has 7 nitrogen and oxygen atoms in total. The van der Waals surface area contributed by atoms with Gasteiger partial charge in [0.25, 0.3) is 0 Å². The van der Waals surface area contributed by atoms with Crippen molar-refractivity contribution in [2.24, 2.45) is 5.90 Å². The van der Waals surface area contributed by atoms with E-state index < -0.39 is 0 Å². The van der Waals surface area contributed by atoms with E-state index in [0.29, 0.717) is 11.7 Å². The van der Waals surface area contributed by atoms with Crippen LogP contribution in [-0.4, -0.2) is 27.3 Å². The smallest absolute Gasteiger partial charge is 0.126 e. The van der Waals surface area contributed by atoms with Crippen LogP contribution in [0, 0.1) is 0 Å². The molecule has 0 saturated heterocycles. The summed E-state index contributed by atoms with van der Waals surface area (Å²) >= 11 is 0. The minimum atomic E-state index is 0.560. The Morgan fingerprint density at radius 1 is 1.29 bits per heavy atom. The number of methoxy groups -OCH3 is 1. The SMILES string of the molecule is COc1cc2c(cc1/C=C(\C)ON)[nH]c1ccnc(-c3cn[nH]c3C3CC3)c12. The highest BCUT2D eigenvalue weighted by Gasteiger charge is 2.29. The minimum Gasteiger partial charge on any atom is -0.496 e. The van der Waals surface area contributed by atoms with Gasteiger partial charge in [0.2, 0.25) is 0 Å². The number of aromatic nitrogens is 4. The second-order valence-electron chi connectivity index (χ2n) is 7.19. The van der Waals surface area contributed by atoms with Crippen LogP contribution in [0.5, 0.6) is 5.75 Å². The molecule has 1 aliphatic rings. The molecule has 1 fully saturated rings. The number of nitrogens with one attached hydrogen (secondary N) is 2. The maximum Gasteiger partial charge on any atom is 0.126 e. The van der Waals surface area contributed by atoms with Crippen molar-refractivity contribution < 1.29 is 9.57 Å². The van der Waals surface area contributed by atoms with Gasteiger partial charge in [-0.2, -0.15) is 11.0 Å². The summed E-state index contributed by atoms with van der Waals surface area (Å²) in [5.74, 6) is 7.17. The van der Waals surface area contributed by atoms with E-state index in [-0.39, 0.29) is 0 Å². The van der Waals surface area contributed by atoms with Crippen LogP contribution in [0.2, 0.25) is 0 Å². The third-order valence-electron chi connectivity index (χ3n) is 5.31. The number of fused-ring (bicyclic) bond motifs is 3. The molecule has 4 N–H and O–H groups in total. The highest BCUT2D eigenvalue weighted by atomic mass is 16.6. The largest absolute Gasteiger partial charge is 0.496 e. The molecule has 0 radical (unpaired) electrons. The zero-order chi connectivity index (χ0) is 19.3. The molecule has 142 valence electrons. The van der Waals surface area contributed by atoms with E-state index in [0.717, 1.165) is 44.4 Å². The number of aromatic amines is 2. The van der Waals surface area contributed by atoms with Crippen LogP contribution >= 0.6 is 0 Å². The molecule has 0 bridgehead atoms. The standard InChI is InChI=1S/C21H21N5O2/c1-11(28-22)7-13-8-17-14(9-18(13)27-2)19-16(25-17)5-6-23-21(19)15-10-24-26-20(15)12-3-4-12/h5-10,12,25H,3-4,22H2,1-2H3,(H,24,26)/b11-7+. The van der Waals surface area contributed by atoms with E-state index in [1.807, 2.05) is 36.7 Å². The maximum atomic E-state index is 5.63. The van der Waals surface area contributed by atoms with E-state index in [9.17, 15) is 0 Å². The van der Waals surface area contributed by atoms with Crippen molar-refractivity contribution in [2.75, 3.05) is 7.11 Å². The number of hydrogen-bond donors (Lipinski definition) is 3. The van der Waals surface area contributed by atoms with Crippen LogP contribution in [0.1, 0.15) is 36.9 Å². The average molecular weight is 375 g/mol. The molecule has 1 aliphatic carbocycles. The number of allylic oxidation sites excluding steroid dienone is 1. The molecule has 3 heterocycles. The van der Waals surface area contributed by atoms with Gasteiger partial charge in [0.15, 0.2) is 0 Å². The molecule has 1 saturated carbocycles. The lowest BCUT2D eigenvalue weighted by Crippen LogP contribution is -1.96. The quantitative estimate of drug-likeness (QED) is 0.358. The van der Waals surface area contributed by atoms with E-state index in [1.54, 1.807) is 14.0 Å². The lowest BCUT2D eigenvalue weighted by atomic mass is 10.0. The lowest BCUT2D eigenvalue weighted by Gasteiger charge is -2.08. The zero-order valence-corrected chi connectivity index (χ0v) is 15.7. The van der Waals surface area contributed by atoms with Crippen molar-refractivity contribution >= 4 is 27.9 Å². The van der Waals surface area contributed by atoms with Gasteiger partial charge >= 0.3 is 0 Å². The van der Waals surface area contributed by atoms with Crippen LogP contribution in [-0.2, 0) is 4.84 Å². The summed E-state index contributed by atoms with van der Waals surface area (Å²) in [4.78, 5) is 13.0. The Morgan fingerprint density at radius 3 is 2.89 bits per heavy atom. The lowest BCUT2D eigenvalue weighted by molar-refractivity contribution is 0.226. The molecule has 4 aromatic rings. The first-order valence-electron chi connectivity index (χ1n) is 9.26. The molecule has 0 aliphatic heterocycles. The average Bonchev–Trinajstić information content (AvgIpc) is 3.32. The predicted molar refractivity (Wildman–Crippen MR) is 109 cm³/mol. The molecule has 0 spiro atoms. The molecule has 0 unspecified atom stereocenters. The van der Waals surface area contributed by atoms with Gasteiger partial charge in [-0.25, -0.2) is 0 Å². The highest BCUT2D eigenvalue weighted by Crippen LogP contribution is 2.45. The second-order valence-corrected chi connectivity index (χ2v) is 7.19. The topological polar surface area (TPSA) is 102 Å². The minimum absolute atomic E-state index is 0.560.